The highest BCUT2D eigenvalue weighted by Crippen LogP contribution is 2.50. The maximum absolute atomic E-state index is 10.6. The molecule has 0 aromatic carbocycles. The average Bonchev–Trinajstić information content (AvgIpc) is 3.22. The summed E-state index contributed by atoms with van der Waals surface area (Å²) in [6.45, 7) is 14.2. The molecule has 0 saturated heterocycles. The van der Waals surface area contributed by atoms with Crippen molar-refractivity contribution in [1.82, 2.24) is 4.90 Å². The number of fused-ring (bicyclic) bond motifs is 1. The van der Waals surface area contributed by atoms with E-state index in [2.05, 4.69) is 56.6 Å². The summed E-state index contributed by atoms with van der Waals surface area (Å²) in [6.07, 6.45) is 13.3. The zero-order chi connectivity index (χ0) is 23.0. The van der Waals surface area contributed by atoms with E-state index in [4.69, 9.17) is 0 Å². The van der Waals surface area contributed by atoms with Crippen molar-refractivity contribution in [2.75, 3.05) is 6.54 Å². The van der Waals surface area contributed by atoms with Crippen LogP contribution in [0.4, 0.5) is 0 Å². The van der Waals surface area contributed by atoms with E-state index in [0.29, 0.717) is 30.3 Å². The minimum absolute atomic E-state index is 0.124. The number of aliphatic hydroxyl groups excluding tert-OH is 2. The minimum atomic E-state index is -0.486. The van der Waals surface area contributed by atoms with Crippen LogP contribution in [0.15, 0.2) is 23.8 Å². The lowest BCUT2D eigenvalue weighted by molar-refractivity contribution is 0.137. The first-order chi connectivity index (χ1) is 14.7. The molecule has 2 saturated carbocycles. The maximum atomic E-state index is 10.6. The molecule has 31 heavy (non-hydrogen) atoms. The largest absolute Gasteiger partial charge is 0.392 e. The van der Waals surface area contributed by atoms with Crippen molar-refractivity contribution in [2.45, 2.75) is 111 Å². The first-order valence-corrected chi connectivity index (χ1v) is 12.6. The van der Waals surface area contributed by atoms with Gasteiger partial charge in [-0.3, -0.25) is 4.90 Å². The van der Waals surface area contributed by atoms with Crippen molar-refractivity contribution >= 4 is 0 Å². The third-order valence-corrected chi connectivity index (χ3v) is 7.46. The van der Waals surface area contributed by atoms with Crippen LogP contribution in [-0.4, -0.2) is 45.9 Å². The molecular formula is C28H47NO2. The topological polar surface area (TPSA) is 43.7 Å². The van der Waals surface area contributed by atoms with Crippen LogP contribution in [0.1, 0.15) is 86.5 Å². The Bertz CT molecular complexity index is 646. The molecule has 0 aromatic heterocycles. The summed E-state index contributed by atoms with van der Waals surface area (Å²) in [5.74, 6) is 7.40. The number of nitrogens with zero attached hydrogens (tertiary/aromatic N) is 1. The molecule has 176 valence electrons. The Morgan fingerprint density at radius 3 is 2.45 bits per heavy atom. The van der Waals surface area contributed by atoms with Crippen molar-refractivity contribution in [3.63, 3.8) is 0 Å². The fraction of sp³-hybridized carbons (Fsp3) is 0.786. The van der Waals surface area contributed by atoms with E-state index in [0.717, 1.165) is 19.3 Å². The van der Waals surface area contributed by atoms with Crippen molar-refractivity contribution in [2.24, 2.45) is 23.7 Å². The highest BCUT2D eigenvalue weighted by atomic mass is 16.3. The van der Waals surface area contributed by atoms with Gasteiger partial charge in [0.05, 0.1) is 12.2 Å². The van der Waals surface area contributed by atoms with Crippen LogP contribution >= 0.6 is 0 Å². The molecule has 2 N–H and O–H groups in total. The van der Waals surface area contributed by atoms with E-state index in [1.165, 1.54) is 25.8 Å². The van der Waals surface area contributed by atoms with Gasteiger partial charge in [-0.15, -0.1) is 11.8 Å². The molecule has 2 aliphatic carbocycles. The lowest BCUT2D eigenvalue weighted by Crippen LogP contribution is -2.37. The van der Waals surface area contributed by atoms with Crippen LogP contribution in [0.5, 0.6) is 0 Å². The number of hydrogen-bond acceptors (Lipinski definition) is 3. The molecule has 2 aliphatic rings. The van der Waals surface area contributed by atoms with Gasteiger partial charge < -0.3 is 10.2 Å². The van der Waals surface area contributed by atoms with Crippen LogP contribution < -0.4 is 0 Å². The lowest BCUT2D eigenvalue weighted by atomic mass is 9.89. The second-order valence-corrected chi connectivity index (χ2v) is 10.5. The van der Waals surface area contributed by atoms with Gasteiger partial charge in [0.15, 0.2) is 0 Å². The minimum Gasteiger partial charge on any atom is -0.392 e. The molecular weight excluding hydrogens is 382 g/mol. The highest BCUT2D eigenvalue weighted by Gasteiger charge is 2.44. The van der Waals surface area contributed by atoms with E-state index in [1.54, 1.807) is 5.57 Å². The van der Waals surface area contributed by atoms with Gasteiger partial charge in [-0.25, -0.2) is 0 Å². The fourth-order valence-corrected chi connectivity index (χ4v) is 5.61. The quantitative estimate of drug-likeness (QED) is 0.256. The first kappa shape index (κ1) is 26.2. The van der Waals surface area contributed by atoms with Crippen LogP contribution in [0.25, 0.3) is 0 Å². The molecule has 0 heterocycles. The third-order valence-electron chi connectivity index (χ3n) is 7.46. The Kier molecular flexibility index (Phi) is 10.8. The fourth-order valence-electron chi connectivity index (χ4n) is 5.61. The average molecular weight is 430 g/mol. The van der Waals surface area contributed by atoms with Crippen LogP contribution in [-0.2, 0) is 0 Å². The molecule has 0 bridgehead atoms. The van der Waals surface area contributed by atoms with Crippen LogP contribution in [0, 0.1) is 35.5 Å². The highest BCUT2D eigenvalue weighted by molar-refractivity contribution is 5.18. The van der Waals surface area contributed by atoms with Crippen molar-refractivity contribution in [3.05, 3.63) is 23.8 Å². The van der Waals surface area contributed by atoms with Crippen molar-refractivity contribution in [3.8, 4) is 11.8 Å². The standard InChI is InChI=1S/C28H47NO2/c1-7-8-12-22(6)27(30)15-14-25-26-18-23(17-24(26)19-28(25)31)13-10-9-11-16-29(20(2)3)21(4)5/h13-15,20-22,24-28,30-31H,9-12,16-19H2,1-6H3/t22-,24+,25-,26+,27-,28-/m1/s1. The zero-order valence-corrected chi connectivity index (χ0v) is 20.8. The Balaban J connectivity index is 1.81. The summed E-state index contributed by atoms with van der Waals surface area (Å²) in [5.41, 5.74) is 1.59. The number of aliphatic hydroxyl groups is 2. The Hall–Kier alpha value is -1.08. The van der Waals surface area contributed by atoms with E-state index >= 15 is 0 Å². The van der Waals surface area contributed by atoms with E-state index in [9.17, 15) is 10.2 Å². The van der Waals surface area contributed by atoms with E-state index in [1.807, 2.05) is 19.9 Å². The molecule has 0 aliphatic heterocycles. The predicted octanol–water partition coefficient (Wildman–Crippen LogP) is 5.58. The molecule has 2 fully saturated rings. The van der Waals surface area contributed by atoms with Gasteiger partial charge >= 0.3 is 0 Å². The maximum Gasteiger partial charge on any atom is 0.0755 e. The summed E-state index contributed by atoms with van der Waals surface area (Å²) in [6, 6.07) is 1.23. The SMILES string of the molecule is CC#CC[C@@H](C)[C@H](O)C=C[C@@H]1[C@H]2CC(=CCCCCN(C(C)C)C(C)C)C[C@H]2C[C@H]1O. The first-order valence-electron chi connectivity index (χ1n) is 12.6. The molecule has 0 radical (unpaired) electrons. The van der Waals surface area contributed by atoms with Gasteiger partial charge in [-0.05, 0) is 97.4 Å². The monoisotopic (exact) mass is 429 g/mol. The number of unbranched alkanes of at least 4 members (excludes halogenated alkanes) is 2. The molecule has 0 spiro atoms. The second-order valence-electron chi connectivity index (χ2n) is 10.5. The number of rotatable bonds is 11. The zero-order valence-electron chi connectivity index (χ0n) is 20.8. The normalized spacial score (nSPS) is 29.2. The second kappa shape index (κ2) is 12.8. The molecule has 0 unspecified atom stereocenters. The molecule has 3 nitrogen and oxygen atoms in total. The molecule has 2 rings (SSSR count). The Morgan fingerprint density at radius 1 is 1.10 bits per heavy atom. The third kappa shape index (κ3) is 7.77. The Morgan fingerprint density at radius 2 is 1.81 bits per heavy atom. The van der Waals surface area contributed by atoms with Gasteiger partial charge in [0.25, 0.3) is 0 Å². The number of allylic oxidation sites excluding steroid dienone is 2. The summed E-state index contributed by atoms with van der Waals surface area (Å²) >= 11 is 0. The van der Waals surface area contributed by atoms with E-state index < -0.39 is 6.10 Å². The van der Waals surface area contributed by atoms with Gasteiger partial charge in [0.2, 0.25) is 0 Å². The van der Waals surface area contributed by atoms with Gasteiger partial charge in [-0.2, -0.15) is 0 Å². The van der Waals surface area contributed by atoms with Gasteiger partial charge in [0.1, 0.15) is 0 Å². The van der Waals surface area contributed by atoms with Crippen LogP contribution in [0.3, 0.4) is 0 Å². The summed E-state index contributed by atoms with van der Waals surface area (Å²) in [5, 5.41) is 21.0. The molecule has 3 heteroatoms. The lowest BCUT2D eigenvalue weighted by Gasteiger charge is -2.30. The summed E-state index contributed by atoms with van der Waals surface area (Å²) in [4.78, 5) is 2.58. The smallest absolute Gasteiger partial charge is 0.0755 e. The molecule has 6 atom stereocenters. The molecule has 0 amide bonds. The van der Waals surface area contributed by atoms with E-state index in [-0.39, 0.29) is 17.9 Å². The predicted molar refractivity (Wildman–Crippen MR) is 132 cm³/mol. The Labute approximate surface area is 192 Å². The molecule has 0 aromatic rings. The van der Waals surface area contributed by atoms with Crippen molar-refractivity contribution in [1.29, 1.82) is 0 Å². The summed E-state index contributed by atoms with van der Waals surface area (Å²) in [7, 11) is 0. The van der Waals surface area contributed by atoms with Gasteiger partial charge in [-0.1, -0.05) is 30.7 Å². The van der Waals surface area contributed by atoms with Gasteiger partial charge in [0, 0.05) is 24.4 Å². The van der Waals surface area contributed by atoms with Crippen molar-refractivity contribution < 1.29 is 10.2 Å². The number of hydrogen-bond donors (Lipinski definition) is 2. The van der Waals surface area contributed by atoms with Crippen LogP contribution in [0.2, 0.25) is 0 Å². The summed E-state index contributed by atoms with van der Waals surface area (Å²) < 4.78 is 0.